The zero-order valence-electron chi connectivity index (χ0n) is 12.0. The van der Waals surface area contributed by atoms with Gasteiger partial charge in [0, 0.05) is 6.54 Å². The lowest BCUT2D eigenvalue weighted by atomic mass is 9.97. The molecule has 0 fully saturated rings. The molecule has 0 aliphatic carbocycles. The fourth-order valence-corrected chi connectivity index (χ4v) is 1.82. The van der Waals surface area contributed by atoms with E-state index in [-0.39, 0.29) is 17.9 Å². The van der Waals surface area contributed by atoms with E-state index in [2.05, 4.69) is 26.1 Å². The summed E-state index contributed by atoms with van der Waals surface area (Å²) < 4.78 is 0. The van der Waals surface area contributed by atoms with Gasteiger partial charge in [0.05, 0.1) is 6.04 Å². The third-order valence-electron chi connectivity index (χ3n) is 3.67. The lowest BCUT2D eigenvalue weighted by Crippen LogP contribution is -2.45. The van der Waals surface area contributed by atoms with Crippen molar-refractivity contribution >= 4 is 5.91 Å². The number of unbranched alkanes of at least 4 members (excludes halogenated alkanes) is 1. The Morgan fingerprint density at radius 3 is 2.35 bits per heavy atom. The van der Waals surface area contributed by atoms with Gasteiger partial charge in [-0.1, -0.05) is 53.4 Å². The maximum atomic E-state index is 11.8. The van der Waals surface area contributed by atoms with Crippen molar-refractivity contribution in [1.29, 1.82) is 0 Å². The first kappa shape index (κ1) is 16.4. The van der Waals surface area contributed by atoms with Crippen LogP contribution >= 0.6 is 0 Å². The van der Waals surface area contributed by atoms with Gasteiger partial charge < -0.3 is 11.1 Å². The molecule has 0 rings (SSSR count). The van der Waals surface area contributed by atoms with Crippen LogP contribution in [-0.2, 0) is 4.79 Å². The third kappa shape index (κ3) is 6.67. The molecule has 0 saturated heterocycles. The number of nitrogens with two attached hydrogens (primary N) is 1. The molecule has 0 aromatic heterocycles. The molecule has 0 bridgehead atoms. The highest BCUT2D eigenvalue weighted by Crippen LogP contribution is 2.11. The van der Waals surface area contributed by atoms with E-state index in [4.69, 9.17) is 5.73 Å². The standard InChI is InChI=1S/C14H30N2O/c1-5-8-9-12(7-3)10-16-14(17)13(15)11(4)6-2/h11-13H,5-10,15H2,1-4H3,(H,16,17)/t11-,12?,13-/m0/s1. The van der Waals surface area contributed by atoms with Crippen LogP contribution in [0.1, 0.15) is 59.8 Å². The topological polar surface area (TPSA) is 55.1 Å². The van der Waals surface area contributed by atoms with Crippen LogP contribution in [0.25, 0.3) is 0 Å². The second-order valence-corrected chi connectivity index (χ2v) is 5.07. The molecule has 3 heteroatoms. The lowest BCUT2D eigenvalue weighted by molar-refractivity contribution is -0.123. The number of amides is 1. The van der Waals surface area contributed by atoms with Crippen LogP contribution in [0.15, 0.2) is 0 Å². The molecular weight excluding hydrogens is 212 g/mol. The highest BCUT2D eigenvalue weighted by Gasteiger charge is 2.19. The minimum Gasteiger partial charge on any atom is -0.354 e. The van der Waals surface area contributed by atoms with Gasteiger partial charge in [0.2, 0.25) is 5.91 Å². The number of nitrogens with one attached hydrogen (secondary N) is 1. The van der Waals surface area contributed by atoms with Crippen LogP contribution in [0, 0.1) is 11.8 Å². The fraction of sp³-hybridized carbons (Fsp3) is 0.929. The summed E-state index contributed by atoms with van der Waals surface area (Å²) in [6.45, 7) is 9.25. The predicted octanol–water partition coefficient (Wildman–Crippen LogP) is 2.69. The molecule has 1 unspecified atom stereocenters. The minimum atomic E-state index is -0.358. The van der Waals surface area contributed by atoms with Gasteiger partial charge in [-0.25, -0.2) is 0 Å². The Morgan fingerprint density at radius 1 is 1.24 bits per heavy atom. The van der Waals surface area contributed by atoms with Crippen LogP contribution in [-0.4, -0.2) is 18.5 Å². The van der Waals surface area contributed by atoms with Gasteiger partial charge in [0.15, 0.2) is 0 Å². The summed E-state index contributed by atoms with van der Waals surface area (Å²) in [7, 11) is 0. The van der Waals surface area contributed by atoms with E-state index in [0.29, 0.717) is 5.92 Å². The Bertz CT molecular complexity index is 206. The molecule has 1 amide bonds. The zero-order chi connectivity index (χ0) is 13.3. The molecule has 0 aromatic carbocycles. The molecule has 102 valence electrons. The van der Waals surface area contributed by atoms with Crippen LogP contribution in [0.3, 0.4) is 0 Å². The quantitative estimate of drug-likeness (QED) is 0.653. The summed E-state index contributed by atoms with van der Waals surface area (Å²) in [5.41, 5.74) is 5.89. The third-order valence-corrected chi connectivity index (χ3v) is 3.67. The Morgan fingerprint density at radius 2 is 1.88 bits per heavy atom. The SMILES string of the molecule is CCCCC(CC)CNC(=O)[C@@H](N)[C@@H](C)CC. The summed E-state index contributed by atoms with van der Waals surface area (Å²) in [6.07, 6.45) is 5.73. The molecule has 17 heavy (non-hydrogen) atoms. The molecule has 0 aliphatic heterocycles. The maximum Gasteiger partial charge on any atom is 0.237 e. The van der Waals surface area contributed by atoms with Crippen molar-refractivity contribution in [3.63, 3.8) is 0 Å². The van der Waals surface area contributed by atoms with Crippen molar-refractivity contribution in [2.24, 2.45) is 17.6 Å². The largest absolute Gasteiger partial charge is 0.354 e. The van der Waals surface area contributed by atoms with Crippen LogP contribution in [0.5, 0.6) is 0 Å². The Hall–Kier alpha value is -0.570. The zero-order valence-corrected chi connectivity index (χ0v) is 12.0. The van der Waals surface area contributed by atoms with Gasteiger partial charge in [-0.3, -0.25) is 4.79 Å². The van der Waals surface area contributed by atoms with Crippen LogP contribution in [0.2, 0.25) is 0 Å². The molecule has 3 nitrogen and oxygen atoms in total. The Labute approximate surface area is 107 Å². The van der Waals surface area contributed by atoms with Gasteiger partial charge >= 0.3 is 0 Å². The summed E-state index contributed by atoms with van der Waals surface area (Å²) in [4.78, 5) is 11.8. The molecule has 0 saturated carbocycles. The van der Waals surface area contributed by atoms with Gasteiger partial charge in [-0.15, -0.1) is 0 Å². The van der Waals surface area contributed by atoms with E-state index < -0.39 is 0 Å². The van der Waals surface area contributed by atoms with E-state index in [9.17, 15) is 4.79 Å². The summed E-state index contributed by atoms with van der Waals surface area (Å²) >= 11 is 0. The molecule has 3 N–H and O–H groups in total. The number of hydrogen-bond donors (Lipinski definition) is 2. The molecule has 0 heterocycles. The van der Waals surface area contributed by atoms with Gasteiger partial charge in [-0.05, 0) is 18.3 Å². The van der Waals surface area contributed by atoms with Crippen LogP contribution < -0.4 is 11.1 Å². The molecule has 3 atom stereocenters. The summed E-state index contributed by atoms with van der Waals surface area (Å²) in [6, 6.07) is -0.358. The van der Waals surface area contributed by atoms with E-state index in [1.165, 1.54) is 19.3 Å². The molecule has 0 spiro atoms. The monoisotopic (exact) mass is 242 g/mol. The van der Waals surface area contributed by atoms with E-state index >= 15 is 0 Å². The number of rotatable bonds is 9. The predicted molar refractivity (Wildman–Crippen MR) is 73.7 cm³/mol. The summed E-state index contributed by atoms with van der Waals surface area (Å²) in [5, 5.41) is 2.99. The molecule has 0 aromatic rings. The van der Waals surface area contributed by atoms with Crippen molar-refractivity contribution in [1.82, 2.24) is 5.32 Å². The number of hydrogen-bond acceptors (Lipinski definition) is 2. The van der Waals surface area contributed by atoms with Gasteiger partial charge in [0.1, 0.15) is 0 Å². The first-order chi connectivity index (χ1) is 8.06. The molecule has 0 radical (unpaired) electrons. The summed E-state index contributed by atoms with van der Waals surface area (Å²) in [5.74, 6) is 0.864. The van der Waals surface area contributed by atoms with Crippen molar-refractivity contribution < 1.29 is 4.79 Å². The number of carbonyl (C=O) groups excluding carboxylic acids is 1. The van der Waals surface area contributed by atoms with Crippen molar-refractivity contribution in [2.45, 2.75) is 65.8 Å². The average Bonchev–Trinajstić information content (AvgIpc) is 2.36. The molecular formula is C14H30N2O. The van der Waals surface area contributed by atoms with Gasteiger partial charge in [0.25, 0.3) is 0 Å². The number of carbonyl (C=O) groups is 1. The normalized spacial score (nSPS) is 16.3. The highest BCUT2D eigenvalue weighted by atomic mass is 16.2. The first-order valence-electron chi connectivity index (χ1n) is 7.09. The smallest absolute Gasteiger partial charge is 0.237 e. The first-order valence-corrected chi connectivity index (χ1v) is 7.09. The Kier molecular flexibility index (Phi) is 9.14. The van der Waals surface area contributed by atoms with Crippen molar-refractivity contribution in [3.05, 3.63) is 0 Å². The van der Waals surface area contributed by atoms with Crippen molar-refractivity contribution in [3.8, 4) is 0 Å². The van der Waals surface area contributed by atoms with Gasteiger partial charge in [-0.2, -0.15) is 0 Å². The van der Waals surface area contributed by atoms with Crippen molar-refractivity contribution in [2.75, 3.05) is 6.54 Å². The van der Waals surface area contributed by atoms with E-state index in [1.807, 2.05) is 6.92 Å². The lowest BCUT2D eigenvalue weighted by Gasteiger charge is -2.20. The van der Waals surface area contributed by atoms with E-state index in [1.54, 1.807) is 0 Å². The fourth-order valence-electron chi connectivity index (χ4n) is 1.82. The van der Waals surface area contributed by atoms with E-state index in [0.717, 1.165) is 19.4 Å². The highest BCUT2D eigenvalue weighted by molar-refractivity contribution is 5.81. The second kappa shape index (κ2) is 9.46. The average molecular weight is 242 g/mol. The van der Waals surface area contributed by atoms with Crippen LogP contribution in [0.4, 0.5) is 0 Å². The minimum absolute atomic E-state index is 0.00861. The maximum absolute atomic E-state index is 11.8. The Balaban J connectivity index is 3.95. The second-order valence-electron chi connectivity index (χ2n) is 5.07. The molecule has 0 aliphatic rings.